The molecular formula is C24H19ClN4O4S. The first-order chi connectivity index (χ1) is 16.5. The van der Waals surface area contributed by atoms with E-state index in [9.17, 15) is 14.9 Å². The van der Waals surface area contributed by atoms with E-state index in [1.807, 2.05) is 24.3 Å². The molecule has 2 aromatic carbocycles. The lowest BCUT2D eigenvalue weighted by atomic mass is 10.1. The molecule has 2 aliphatic heterocycles. The molecule has 0 spiro atoms. The molecule has 0 atom stereocenters. The van der Waals surface area contributed by atoms with Gasteiger partial charge >= 0.3 is 0 Å². The number of piperazine rings is 1. The van der Waals surface area contributed by atoms with E-state index in [1.165, 1.54) is 23.9 Å². The molecule has 0 N–H and O–H groups in total. The zero-order chi connectivity index (χ0) is 23.7. The summed E-state index contributed by atoms with van der Waals surface area (Å²) in [6, 6.07) is 17.5. The quantitative estimate of drug-likeness (QED) is 0.276. The number of thioether (sulfide) groups is 1. The maximum absolute atomic E-state index is 12.5. The Hall–Kier alpha value is -3.56. The molecule has 1 aromatic heterocycles. The van der Waals surface area contributed by atoms with Crippen molar-refractivity contribution in [2.45, 2.75) is 0 Å². The number of furan rings is 1. The van der Waals surface area contributed by atoms with E-state index in [0.29, 0.717) is 26.6 Å². The van der Waals surface area contributed by atoms with E-state index in [4.69, 9.17) is 16.0 Å². The van der Waals surface area contributed by atoms with Crippen molar-refractivity contribution in [2.75, 3.05) is 31.1 Å². The van der Waals surface area contributed by atoms with Crippen molar-refractivity contribution in [3.8, 4) is 11.3 Å². The van der Waals surface area contributed by atoms with Gasteiger partial charge in [0.05, 0.1) is 9.83 Å². The van der Waals surface area contributed by atoms with Crippen molar-refractivity contribution in [3.63, 3.8) is 0 Å². The molecule has 172 valence electrons. The third-order valence-electron chi connectivity index (χ3n) is 5.60. The maximum Gasteiger partial charge on any atom is 0.286 e. The average Bonchev–Trinajstić information content (AvgIpc) is 3.46. The highest BCUT2D eigenvalue weighted by atomic mass is 35.5. The molecule has 3 heterocycles. The molecule has 1 amide bonds. The highest BCUT2D eigenvalue weighted by Crippen LogP contribution is 2.33. The summed E-state index contributed by atoms with van der Waals surface area (Å²) in [7, 11) is 0. The first-order valence-electron chi connectivity index (χ1n) is 10.6. The highest BCUT2D eigenvalue weighted by molar-refractivity contribution is 8.18. The molecule has 10 heteroatoms. The van der Waals surface area contributed by atoms with Gasteiger partial charge < -0.3 is 14.2 Å². The van der Waals surface area contributed by atoms with Crippen LogP contribution in [0.25, 0.3) is 17.4 Å². The first kappa shape index (κ1) is 22.2. The Labute approximate surface area is 204 Å². The number of rotatable bonds is 4. The van der Waals surface area contributed by atoms with Crippen molar-refractivity contribution in [2.24, 2.45) is 4.99 Å². The monoisotopic (exact) mass is 494 g/mol. The maximum atomic E-state index is 12.5. The lowest BCUT2D eigenvalue weighted by molar-refractivity contribution is -0.384. The van der Waals surface area contributed by atoms with Gasteiger partial charge in [-0.15, -0.1) is 0 Å². The van der Waals surface area contributed by atoms with Crippen molar-refractivity contribution < 1.29 is 14.1 Å². The van der Waals surface area contributed by atoms with Crippen molar-refractivity contribution in [1.82, 2.24) is 4.90 Å². The van der Waals surface area contributed by atoms with Crippen molar-refractivity contribution in [3.05, 3.63) is 86.5 Å². The minimum atomic E-state index is -0.445. The predicted molar refractivity (Wildman–Crippen MR) is 134 cm³/mol. The van der Waals surface area contributed by atoms with Gasteiger partial charge in [0.15, 0.2) is 5.17 Å². The topological polar surface area (TPSA) is 92.2 Å². The van der Waals surface area contributed by atoms with Gasteiger partial charge in [-0.1, -0.05) is 17.7 Å². The van der Waals surface area contributed by atoms with Gasteiger partial charge in [-0.3, -0.25) is 14.9 Å². The number of hydrogen-bond acceptors (Lipinski definition) is 7. The molecule has 0 unspecified atom stereocenters. The molecule has 8 nitrogen and oxygen atoms in total. The Balaban J connectivity index is 1.22. The second kappa shape index (κ2) is 9.36. The molecule has 1 saturated heterocycles. The molecule has 1 fully saturated rings. The summed E-state index contributed by atoms with van der Waals surface area (Å²) in [5, 5.41) is 12.2. The van der Waals surface area contributed by atoms with Crippen LogP contribution in [-0.4, -0.2) is 47.1 Å². The third-order valence-corrected chi connectivity index (χ3v) is 6.88. The summed E-state index contributed by atoms with van der Waals surface area (Å²) >= 11 is 7.46. The van der Waals surface area contributed by atoms with Gasteiger partial charge in [0.1, 0.15) is 11.5 Å². The van der Waals surface area contributed by atoms with Crippen LogP contribution in [0.2, 0.25) is 5.02 Å². The number of amides is 1. The van der Waals surface area contributed by atoms with Crippen LogP contribution in [-0.2, 0) is 4.79 Å². The van der Waals surface area contributed by atoms with Gasteiger partial charge in [-0.05, 0) is 54.2 Å². The molecule has 2 aliphatic rings. The van der Waals surface area contributed by atoms with Crippen LogP contribution >= 0.6 is 23.4 Å². The molecule has 0 aliphatic carbocycles. The standard InChI is InChI=1S/C24H19ClN4O4S/c25-17-2-1-3-19(14-17)27-10-12-28(13-11-27)24-26-23(30)22(34-24)15-20-8-9-21(33-20)16-4-6-18(7-5-16)29(31)32/h1-9,14-15H,10-13H2/b22-15-. The fourth-order valence-electron chi connectivity index (χ4n) is 3.82. The number of nitro benzene ring substituents is 1. The van der Waals surface area contributed by atoms with E-state index in [-0.39, 0.29) is 11.6 Å². The van der Waals surface area contributed by atoms with E-state index in [2.05, 4.69) is 14.8 Å². The SMILES string of the molecule is O=C1N=C(N2CCN(c3cccc(Cl)c3)CC2)S/C1=C\c1ccc(-c2ccc([N+](=O)[O-])cc2)o1. The molecule has 0 radical (unpaired) electrons. The fourth-order valence-corrected chi connectivity index (χ4v) is 4.95. The van der Waals surface area contributed by atoms with Crippen LogP contribution in [0.5, 0.6) is 0 Å². The number of anilines is 1. The molecule has 3 aromatic rings. The number of benzene rings is 2. The van der Waals surface area contributed by atoms with Gasteiger partial charge in [-0.25, -0.2) is 0 Å². The van der Waals surface area contributed by atoms with Crippen LogP contribution < -0.4 is 4.90 Å². The normalized spacial score (nSPS) is 17.4. The van der Waals surface area contributed by atoms with Gasteiger partial charge in [0.25, 0.3) is 11.6 Å². The number of hydrogen-bond donors (Lipinski definition) is 0. The second-order valence-corrected chi connectivity index (χ2v) is 9.22. The van der Waals surface area contributed by atoms with E-state index >= 15 is 0 Å². The molecular weight excluding hydrogens is 476 g/mol. The molecule has 0 saturated carbocycles. The van der Waals surface area contributed by atoms with Crippen LogP contribution in [0, 0.1) is 10.1 Å². The lowest BCUT2D eigenvalue weighted by Crippen LogP contribution is -2.47. The molecule has 0 bridgehead atoms. The van der Waals surface area contributed by atoms with E-state index < -0.39 is 4.92 Å². The Morgan fingerprint density at radius 1 is 1.03 bits per heavy atom. The zero-order valence-electron chi connectivity index (χ0n) is 17.9. The van der Waals surface area contributed by atoms with Crippen molar-refractivity contribution in [1.29, 1.82) is 0 Å². The van der Waals surface area contributed by atoms with Gasteiger partial charge in [0, 0.05) is 60.7 Å². The van der Waals surface area contributed by atoms with Crippen LogP contribution in [0.1, 0.15) is 5.76 Å². The molecule has 34 heavy (non-hydrogen) atoms. The van der Waals surface area contributed by atoms with E-state index in [1.54, 1.807) is 30.3 Å². The number of carbonyl (C=O) groups is 1. The third kappa shape index (κ3) is 4.71. The highest BCUT2D eigenvalue weighted by Gasteiger charge is 2.29. The average molecular weight is 495 g/mol. The van der Waals surface area contributed by atoms with Crippen LogP contribution in [0.15, 0.2) is 75.0 Å². The zero-order valence-corrected chi connectivity index (χ0v) is 19.5. The smallest absolute Gasteiger partial charge is 0.286 e. The minimum absolute atomic E-state index is 0.0173. The fraction of sp³-hybridized carbons (Fsp3) is 0.167. The number of nitro groups is 1. The number of amidine groups is 1. The van der Waals surface area contributed by atoms with Gasteiger partial charge in [0.2, 0.25) is 0 Å². The first-order valence-corrected chi connectivity index (χ1v) is 11.8. The van der Waals surface area contributed by atoms with Crippen LogP contribution in [0.3, 0.4) is 0 Å². The summed E-state index contributed by atoms with van der Waals surface area (Å²) in [5.41, 5.74) is 1.82. The lowest BCUT2D eigenvalue weighted by Gasteiger charge is -2.36. The Kier molecular flexibility index (Phi) is 6.12. The number of nitrogens with zero attached hydrogens (tertiary/aromatic N) is 4. The molecule has 5 rings (SSSR count). The van der Waals surface area contributed by atoms with Gasteiger partial charge in [-0.2, -0.15) is 4.99 Å². The number of halogens is 1. The summed E-state index contributed by atoms with van der Waals surface area (Å²) in [6.07, 6.45) is 1.68. The van der Waals surface area contributed by atoms with E-state index in [0.717, 1.165) is 37.4 Å². The largest absolute Gasteiger partial charge is 0.457 e. The summed E-state index contributed by atoms with van der Waals surface area (Å²) in [6.45, 7) is 3.13. The Bertz CT molecular complexity index is 1310. The number of non-ortho nitro benzene ring substituents is 1. The summed E-state index contributed by atoms with van der Waals surface area (Å²) < 4.78 is 5.84. The Morgan fingerprint density at radius 3 is 2.47 bits per heavy atom. The number of aliphatic imine (C=N–C) groups is 1. The summed E-state index contributed by atoms with van der Waals surface area (Å²) in [5.74, 6) is 0.799. The second-order valence-electron chi connectivity index (χ2n) is 7.77. The predicted octanol–water partition coefficient (Wildman–Crippen LogP) is 5.30. The van der Waals surface area contributed by atoms with Crippen LogP contribution in [0.4, 0.5) is 11.4 Å². The van der Waals surface area contributed by atoms with Crippen molar-refractivity contribution >= 4 is 51.9 Å². The minimum Gasteiger partial charge on any atom is -0.457 e. The summed E-state index contributed by atoms with van der Waals surface area (Å²) in [4.78, 5) is 32.0. The Morgan fingerprint density at radius 2 is 1.76 bits per heavy atom. The number of carbonyl (C=O) groups excluding carboxylic acids is 1.